The third kappa shape index (κ3) is 4.91. The Labute approximate surface area is 114 Å². The van der Waals surface area contributed by atoms with Crippen molar-refractivity contribution in [3.63, 3.8) is 0 Å². The molecule has 1 aromatic rings. The van der Waals surface area contributed by atoms with E-state index in [2.05, 4.69) is 10.3 Å². The Balaban J connectivity index is 2.87. The van der Waals surface area contributed by atoms with Crippen molar-refractivity contribution in [2.45, 2.75) is 26.7 Å². The highest BCUT2D eigenvalue weighted by molar-refractivity contribution is 7.54. The molecule has 1 atom stereocenters. The minimum absolute atomic E-state index is 0.282. The second-order valence-corrected chi connectivity index (χ2v) is 5.61. The van der Waals surface area contributed by atoms with Crippen molar-refractivity contribution in [1.29, 1.82) is 0 Å². The summed E-state index contributed by atoms with van der Waals surface area (Å²) in [7, 11) is -3.38. The Bertz CT molecular complexity index is 392. The molecule has 0 aliphatic rings. The van der Waals surface area contributed by atoms with E-state index < -0.39 is 13.6 Å². The fraction of sp³-hybridized carbons (Fsp3) is 0.583. The molecule has 1 rings (SSSR count). The third-order valence-corrected chi connectivity index (χ3v) is 4.25. The van der Waals surface area contributed by atoms with Crippen LogP contribution in [0.15, 0.2) is 24.4 Å². The van der Waals surface area contributed by atoms with Gasteiger partial charge in [-0.3, -0.25) is 4.57 Å². The molecule has 1 unspecified atom stereocenters. The lowest BCUT2D eigenvalue weighted by Crippen LogP contribution is -2.26. The van der Waals surface area contributed by atoms with Crippen LogP contribution in [0.5, 0.6) is 0 Å². The first-order chi connectivity index (χ1) is 9.16. The van der Waals surface area contributed by atoms with E-state index in [1.807, 2.05) is 13.0 Å². The van der Waals surface area contributed by atoms with Crippen molar-refractivity contribution in [3.8, 4) is 0 Å². The first-order valence-corrected chi connectivity index (χ1v) is 7.95. The van der Waals surface area contributed by atoms with Crippen molar-refractivity contribution in [2.75, 3.05) is 25.1 Å². The number of pyridine rings is 1. The summed E-state index contributed by atoms with van der Waals surface area (Å²) >= 11 is 0. The molecule has 1 aromatic heterocycles. The molecular weight excluding hydrogens is 267 g/mol. The first-order valence-electron chi connectivity index (χ1n) is 6.34. The van der Waals surface area contributed by atoms with Crippen LogP contribution < -0.4 is 5.32 Å². The molecule has 0 radical (unpaired) electrons. The summed E-state index contributed by atoms with van der Waals surface area (Å²) in [6.07, 6.45) is 1.64. The van der Waals surface area contributed by atoms with E-state index in [1.54, 1.807) is 32.2 Å². The molecule has 0 saturated carbocycles. The van der Waals surface area contributed by atoms with Crippen LogP contribution in [0.4, 0.5) is 5.82 Å². The number of ether oxygens (including phenoxy) is 1. The van der Waals surface area contributed by atoms with E-state index in [-0.39, 0.29) is 13.2 Å². The van der Waals surface area contributed by atoms with Crippen molar-refractivity contribution in [3.05, 3.63) is 24.4 Å². The van der Waals surface area contributed by atoms with Crippen molar-refractivity contribution in [1.82, 2.24) is 4.98 Å². The molecule has 0 aromatic carbocycles. The number of nitrogens with zero attached hydrogens (tertiary/aromatic N) is 1. The Kier molecular flexibility index (Phi) is 7.02. The third-order valence-electron chi connectivity index (χ3n) is 2.17. The highest BCUT2D eigenvalue weighted by atomic mass is 31.2. The zero-order valence-corrected chi connectivity index (χ0v) is 12.4. The van der Waals surface area contributed by atoms with Gasteiger partial charge in [0.05, 0.1) is 13.2 Å². The van der Waals surface area contributed by atoms with E-state index in [0.29, 0.717) is 12.4 Å². The molecular formula is C12H21N2O4P. The maximum absolute atomic E-state index is 12.6. The SMILES string of the molecule is CCOC(Nc1ccccn1)P(=O)(OCC)OCC. The van der Waals surface area contributed by atoms with Gasteiger partial charge in [-0.25, -0.2) is 4.98 Å². The lowest BCUT2D eigenvalue weighted by atomic mass is 10.5. The van der Waals surface area contributed by atoms with E-state index >= 15 is 0 Å². The van der Waals surface area contributed by atoms with Crippen LogP contribution in [0, 0.1) is 0 Å². The number of rotatable bonds is 9. The predicted molar refractivity (Wildman–Crippen MR) is 74.1 cm³/mol. The van der Waals surface area contributed by atoms with Crippen LogP contribution in [-0.4, -0.2) is 30.8 Å². The smallest absolute Gasteiger partial charge is 0.348 e. The van der Waals surface area contributed by atoms with Crippen LogP contribution in [0.2, 0.25) is 0 Å². The van der Waals surface area contributed by atoms with Gasteiger partial charge in [0.25, 0.3) is 0 Å². The van der Waals surface area contributed by atoms with Gasteiger partial charge in [0.2, 0.25) is 5.97 Å². The molecule has 108 valence electrons. The van der Waals surface area contributed by atoms with Gasteiger partial charge >= 0.3 is 7.60 Å². The Morgan fingerprint density at radius 3 is 2.37 bits per heavy atom. The minimum atomic E-state index is -3.38. The molecule has 19 heavy (non-hydrogen) atoms. The summed E-state index contributed by atoms with van der Waals surface area (Å²) in [6.45, 7) is 6.28. The number of hydrogen-bond donors (Lipinski definition) is 1. The van der Waals surface area contributed by atoms with Gasteiger partial charge in [0.1, 0.15) is 5.82 Å². The summed E-state index contributed by atoms with van der Waals surface area (Å²) in [5, 5.41) is 2.94. The maximum Gasteiger partial charge on any atom is 0.379 e. The second-order valence-electron chi connectivity index (χ2n) is 3.54. The van der Waals surface area contributed by atoms with Gasteiger partial charge in [0.15, 0.2) is 0 Å². The predicted octanol–water partition coefficient (Wildman–Crippen LogP) is 3.08. The largest absolute Gasteiger partial charge is 0.379 e. The summed E-state index contributed by atoms with van der Waals surface area (Å²) in [5.74, 6) is -0.312. The monoisotopic (exact) mass is 288 g/mol. The van der Waals surface area contributed by atoms with Gasteiger partial charge in [0, 0.05) is 12.8 Å². The van der Waals surface area contributed by atoms with Gasteiger partial charge in [-0.15, -0.1) is 0 Å². The van der Waals surface area contributed by atoms with Crippen LogP contribution >= 0.6 is 7.60 Å². The molecule has 0 aliphatic carbocycles. The number of nitrogens with one attached hydrogen (secondary N) is 1. The molecule has 6 nitrogen and oxygen atoms in total. The van der Waals surface area contributed by atoms with Crippen molar-refractivity contribution < 1.29 is 18.3 Å². The first kappa shape index (κ1) is 16.1. The van der Waals surface area contributed by atoms with Gasteiger partial charge in [-0.1, -0.05) is 6.07 Å². The minimum Gasteiger partial charge on any atom is -0.348 e. The van der Waals surface area contributed by atoms with E-state index in [0.717, 1.165) is 0 Å². The molecule has 1 heterocycles. The highest BCUT2D eigenvalue weighted by Crippen LogP contribution is 2.53. The summed E-state index contributed by atoms with van der Waals surface area (Å²) in [4.78, 5) is 4.11. The maximum atomic E-state index is 12.6. The number of anilines is 1. The number of aromatic nitrogens is 1. The van der Waals surface area contributed by atoms with Crippen LogP contribution in [0.3, 0.4) is 0 Å². The molecule has 0 spiro atoms. The molecule has 0 aliphatic heterocycles. The van der Waals surface area contributed by atoms with Crippen molar-refractivity contribution in [2.24, 2.45) is 0 Å². The Morgan fingerprint density at radius 2 is 1.89 bits per heavy atom. The zero-order valence-electron chi connectivity index (χ0n) is 11.5. The van der Waals surface area contributed by atoms with Gasteiger partial charge in [-0.05, 0) is 32.9 Å². The Hall–Kier alpha value is -0.940. The van der Waals surface area contributed by atoms with E-state index in [9.17, 15) is 4.57 Å². The summed E-state index contributed by atoms with van der Waals surface area (Å²) < 4.78 is 28.6. The molecule has 0 saturated heterocycles. The van der Waals surface area contributed by atoms with Crippen LogP contribution in [0.1, 0.15) is 20.8 Å². The standard InChI is InChI=1S/C12H21N2O4P/c1-4-16-12(14-11-9-7-8-10-13-11)19(15,17-5-2)18-6-3/h7-10,12H,4-6H2,1-3H3,(H,13,14). The molecule has 0 fully saturated rings. The Morgan fingerprint density at radius 1 is 1.21 bits per heavy atom. The zero-order chi connectivity index (χ0) is 14.1. The molecule has 0 bridgehead atoms. The fourth-order valence-electron chi connectivity index (χ4n) is 1.48. The van der Waals surface area contributed by atoms with Gasteiger partial charge < -0.3 is 19.1 Å². The van der Waals surface area contributed by atoms with Crippen molar-refractivity contribution >= 4 is 13.4 Å². The summed E-state index contributed by atoms with van der Waals surface area (Å²) in [6, 6.07) is 5.38. The highest BCUT2D eigenvalue weighted by Gasteiger charge is 2.36. The van der Waals surface area contributed by atoms with Crippen LogP contribution in [-0.2, 0) is 18.3 Å². The molecule has 7 heteroatoms. The lowest BCUT2D eigenvalue weighted by Gasteiger charge is -2.26. The summed E-state index contributed by atoms with van der Waals surface area (Å²) in [5.41, 5.74) is 0. The number of hydrogen-bond acceptors (Lipinski definition) is 6. The fourth-order valence-corrected chi connectivity index (χ4v) is 3.16. The topological polar surface area (TPSA) is 69.7 Å². The quantitative estimate of drug-likeness (QED) is 0.556. The molecule has 1 N–H and O–H groups in total. The van der Waals surface area contributed by atoms with E-state index in [1.165, 1.54) is 0 Å². The average molecular weight is 288 g/mol. The van der Waals surface area contributed by atoms with Crippen LogP contribution in [0.25, 0.3) is 0 Å². The lowest BCUT2D eigenvalue weighted by molar-refractivity contribution is 0.0931. The van der Waals surface area contributed by atoms with Gasteiger partial charge in [-0.2, -0.15) is 0 Å². The normalized spacial score (nSPS) is 13.2. The average Bonchev–Trinajstić information content (AvgIpc) is 2.40. The second kappa shape index (κ2) is 8.27. The molecule has 0 amide bonds. The van der Waals surface area contributed by atoms with E-state index in [4.69, 9.17) is 13.8 Å².